The van der Waals surface area contributed by atoms with Crippen LogP contribution in [-0.2, 0) is 6.54 Å². The van der Waals surface area contributed by atoms with Gasteiger partial charge < -0.3 is 14.5 Å². The van der Waals surface area contributed by atoms with Gasteiger partial charge in [0, 0.05) is 23.3 Å². The number of carbonyl (C=O) groups excluding carboxylic acids is 1. The minimum absolute atomic E-state index is 0.132. The summed E-state index contributed by atoms with van der Waals surface area (Å²) in [6.45, 7) is 6.37. The van der Waals surface area contributed by atoms with Crippen LogP contribution in [0.2, 0.25) is 0 Å². The van der Waals surface area contributed by atoms with Crippen molar-refractivity contribution in [2.75, 3.05) is 0 Å². The molecular weight excluding hydrogens is 384 g/mol. The molecule has 0 aliphatic rings. The number of ether oxygens (including phenoxy) is 1. The number of aryl methyl sites for hydroxylation is 1. The Morgan fingerprint density at radius 1 is 1.21 bits per heavy atom. The monoisotopic (exact) mass is 406 g/mol. The van der Waals surface area contributed by atoms with Gasteiger partial charge in [-0.05, 0) is 62.7 Å². The van der Waals surface area contributed by atoms with E-state index in [4.69, 9.17) is 4.74 Å². The SMILES string of the molecule is Cc1ccn2cc(CNC(=O)c3csc(-c4ccc(OC(C)C)cc4)n3)nc2c1. The van der Waals surface area contributed by atoms with E-state index in [1.54, 1.807) is 5.38 Å². The van der Waals surface area contributed by atoms with E-state index in [1.165, 1.54) is 11.3 Å². The van der Waals surface area contributed by atoms with Gasteiger partial charge in [0.1, 0.15) is 22.1 Å². The zero-order valence-electron chi connectivity index (χ0n) is 16.5. The van der Waals surface area contributed by atoms with Crippen LogP contribution in [0, 0.1) is 6.92 Å². The largest absolute Gasteiger partial charge is 0.491 e. The Balaban J connectivity index is 1.41. The van der Waals surface area contributed by atoms with Crippen LogP contribution in [-0.4, -0.2) is 26.4 Å². The summed E-state index contributed by atoms with van der Waals surface area (Å²) in [5.41, 5.74) is 4.20. The lowest BCUT2D eigenvalue weighted by Crippen LogP contribution is -2.23. The molecule has 0 spiro atoms. The summed E-state index contributed by atoms with van der Waals surface area (Å²) in [5.74, 6) is 0.612. The number of imidazole rings is 1. The Morgan fingerprint density at radius 2 is 2.00 bits per heavy atom. The van der Waals surface area contributed by atoms with E-state index in [9.17, 15) is 4.79 Å². The minimum Gasteiger partial charge on any atom is -0.491 e. The van der Waals surface area contributed by atoms with Gasteiger partial charge in [-0.2, -0.15) is 0 Å². The minimum atomic E-state index is -0.208. The van der Waals surface area contributed by atoms with Gasteiger partial charge in [0.2, 0.25) is 0 Å². The van der Waals surface area contributed by atoms with Crippen LogP contribution in [0.15, 0.2) is 54.2 Å². The van der Waals surface area contributed by atoms with Crippen LogP contribution < -0.4 is 10.1 Å². The average Bonchev–Trinajstić information content (AvgIpc) is 3.33. The number of fused-ring (bicyclic) bond motifs is 1. The first-order chi connectivity index (χ1) is 14.0. The number of nitrogens with one attached hydrogen (secondary N) is 1. The number of amides is 1. The quantitative estimate of drug-likeness (QED) is 0.512. The zero-order valence-corrected chi connectivity index (χ0v) is 17.4. The molecule has 0 fully saturated rings. The molecule has 0 saturated heterocycles. The predicted molar refractivity (Wildman–Crippen MR) is 114 cm³/mol. The summed E-state index contributed by atoms with van der Waals surface area (Å²) >= 11 is 1.45. The predicted octanol–water partition coefficient (Wildman–Crippen LogP) is 4.48. The van der Waals surface area contributed by atoms with Gasteiger partial charge in [-0.25, -0.2) is 9.97 Å². The second-order valence-corrected chi connectivity index (χ2v) is 7.97. The highest BCUT2D eigenvalue weighted by Gasteiger charge is 2.13. The lowest BCUT2D eigenvalue weighted by atomic mass is 10.2. The Bertz CT molecular complexity index is 1150. The molecule has 0 saturated carbocycles. The molecule has 0 aliphatic heterocycles. The van der Waals surface area contributed by atoms with Crippen molar-refractivity contribution >= 4 is 22.9 Å². The van der Waals surface area contributed by atoms with E-state index >= 15 is 0 Å². The maximum absolute atomic E-state index is 12.5. The first-order valence-corrected chi connectivity index (χ1v) is 10.3. The van der Waals surface area contributed by atoms with E-state index in [0.29, 0.717) is 12.2 Å². The molecule has 1 aromatic carbocycles. The summed E-state index contributed by atoms with van der Waals surface area (Å²) in [6.07, 6.45) is 4.02. The van der Waals surface area contributed by atoms with Crippen molar-refractivity contribution in [3.8, 4) is 16.3 Å². The first-order valence-electron chi connectivity index (χ1n) is 9.43. The standard InChI is InChI=1S/C22H22N4O2S/c1-14(2)28-18-6-4-16(5-7-18)22-25-19(13-29-22)21(27)23-11-17-12-26-9-8-15(3)10-20(26)24-17/h4-10,12-14H,11H2,1-3H3,(H,23,27). The molecule has 0 aliphatic carbocycles. The lowest BCUT2D eigenvalue weighted by molar-refractivity contribution is 0.0946. The normalized spacial score (nSPS) is 11.2. The summed E-state index contributed by atoms with van der Waals surface area (Å²) in [7, 11) is 0. The number of benzene rings is 1. The number of pyridine rings is 1. The average molecular weight is 407 g/mol. The van der Waals surface area contributed by atoms with E-state index in [1.807, 2.05) is 74.0 Å². The number of aromatic nitrogens is 3. The zero-order chi connectivity index (χ0) is 20.4. The van der Waals surface area contributed by atoms with Crippen molar-refractivity contribution in [2.45, 2.75) is 33.4 Å². The molecule has 3 aromatic heterocycles. The Hall–Kier alpha value is -3.19. The van der Waals surface area contributed by atoms with Gasteiger partial charge in [0.05, 0.1) is 18.3 Å². The number of carbonyl (C=O) groups is 1. The van der Waals surface area contributed by atoms with Crippen molar-refractivity contribution in [2.24, 2.45) is 0 Å². The molecule has 1 N–H and O–H groups in total. The number of hydrogen-bond donors (Lipinski definition) is 1. The number of thiazole rings is 1. The molecule has 29 heavy (non-hydrogen) atoms. The van der Waals surface area contributed by atoms with E-state index in [-0.39, 0.29) is 12.0 Å². The third-order valence-electron chi connectivity index (χ3n) is 4.31. The Kier molecular flexibility index (Phi) is 5.31. The molecule has 4 aromatic rings. The third-order valence-corrected chi connectivity index (χ3v) is 5.20. The van der Waals surface area contributed by atoms with Crippen LogP contribution in [0.3, 0.4) is 0 Å². The van der Waals surface area contributed by atoms with Crippen molar-refractivity contribution in [1.29, 1.82) is 0 Å². The summed E-state index contributed by atoms with van der Waals surface area (Å²) in [4.78, 5) is 21.5. The molecule has 148 valence electrons. The molecule has 6 nitrogen and oxygen atoms in total. The molecule has 4 rings (SSSR count). The molecule has 3 heterocycles. The fraction of sp³-hybridized carbons (Fsp3) is 0.227. The second kappa shape index (κ2) is 8.05. The van der Waals surface area contributed by atoms with Crippen LogP contribution in [0.5, 0.6) is 5.75 Å². The van der Waals surface area contributed by atoms with Crippen LogP contribution >= 0.6 is 11.3 Å². The number of nitrogens with zero attached hydrogens (tertiary/aromatic N) is 3. The molecule has 7 heteroatoms. The van der Waals surface area contributed by atoms with Gasteiger partial charge >= 0.3 is 0 Å². The highest BCUT2D eigenvalue weighted by atomic mass is 32.1. The summed E-state index contributed by atoms with van der Waals surface area (Å²) < 4.78 is 7.61. The first kappa shape index (κ1) is 19.1. The molecule has 0 unspecified atom stereocenters. The van der Waals surface area contributed by atoms with Crippen molar-refractivity contribution in [3.63, 3.8) is 0 Å². The summed E-state index contributed by atoms with van der Waals surface area (Å²) in [5, 5.41) is 5.47. The summed E-state index contributed by atoms with van der Waals surface area (Å²) in [6, 6.07) is 11.8. The third kappa shape index (κ3) is 4.46. The second-order valence-electron chi connectivity index (χ2n) is 7.11. The topological polar surface area (TPSA) is 68.5 Å². The van der Waals surface area contributed by atoms with Crippen molar-refractivity contribution in [1.82, 2.24) is 19.7 Å². The number of rotatable bonds is 6. The molecular formula is C22H22N4O2S. The highest BCUT2D eigenvalue weighted by molar-refractivity contribution is 7.13. The lowest BCUT2D eigenvalue weighted by Gasteiger charge is -2.09. The van der Waals surface area contributed by atoms with Crippen LogP contribution in [0.4, 0.5) is 0 Å². The maximum atomic E-state index is 12.5. The highest BCUT2D eigenvalue weighted by Crippen LogP contribution is 2.26. The fourth-order valence-corrected chi connectivity index (χ4v) is 3.75. The Labute approximate surface area is 173 Å². The van der Waals surface area contributed by atoms with Crippen LogP contribution in [0.25, 0.3) is 16.2 Å². The smallest absolute Gasteiger partial charge is 0.271 e. The van der Waals surface area contributed by atoms with Gasteiger partial charge in [-0.1, -0.05) is 0 Å². The van der Waals surface area contributed by atoms with E-state index in [0.717, 1.165) is 33.2 Å². The van der Waals surface area contributed by atoms with Crippen LogP contribution in [0.1, 0.15) is 35.6 Å². The van der Waals surface area contributed by atoms with E-state index in [2.05, 4.69) is 15.3 Å². The molecule has 0 radical (unpaired) electrons. The Morgan fingerprint density at radius 3 is 2.76 bits per heavy atom. The van der Waals surface area contributed by atoms with Crippen molar-refractivity contribution in [3.05, 3.63) is 71.1 Å². The maximum Gasteiger partial charge on any atom is 0.271 e. The van der Waals surface area contributed by atoms with Crippen molar-refractivity contribution < 1.29 is 9.53 Å². The number of hydrogen-bond acceptors (Lipinski definition) is 5. The van der Waals surface area contributed by atoms with Gasteiger partial charge in [-0.15, -0.1) is 11.3 Å². The van der Waals surface area contributed by atoms with Gasteiger partial charge in [0.25, 0.3) is 5.91 Å². The fourth-order valence-electron chi connectivity index (χ4n) is 2.94. The van der Waals surface area contributed by atoms with E-state index < -0.39 is 0 Å². The van der Waals surface area contributed by atoms with Gasteiger partial charge in [-0.3, -0.25) is 4.79 Å². The molecule has 1 amide bonds. The molecule has 0 bridgehead atoms. The van der Waals surface area contributed by atoms with Gasteiger partial charge in [0.15, 0.2) is 0 Å². The molecule has 0 atom stereocenters.